The number of hydrogen-bond acceptors (Lipinski definition) is 3. The summed E-state index contributed by atoms with van der Waals surface area (Å²) in [6, 6.07) is 7.13. The number of nitrogens with zero attached hydrogens (tertiary/aromatic N) is 1. The second-order valence-electron chi connectivity index (χ2n) is 4.86. The van der Waals surface area contributed by atoms with Gasteiger partial charge in [0.15, 0.2) is 0 Å². The molecule has 102 valence electrons. The number of nitrogens with one attached hydrogen (secondary N) is 1. The van der Waals surface area contributed by atoms with Crippen molar-refractivity contribution in [2.24, 2.45) is 0 Å². The molecule has 2 rings (SSSR count). The molecule has 0 bridgehead atoms. The molecule has 0 aliphatic heterocycles. The summed E-state index contributed by atoms with van der Waals surface area (Å²) in [5, 5.41) is 13.0. The Morgan fingerprint density at radius 3 is 2.95 bits per heavy atom. The molecule has 0 aliphatic rings. The number of aromatic nitrogens is 1. The highest BCUT2D eigenvalue weighted by Crippen LogP contribution is 2.26. The number of rotatable bonds is 5. The van der Waals surface area contributed by atoms with Gasteiger partial charge >= 0.3 is 0 Å². The highest BCUT2D eigenvalue weighted by molar-refractivity contribution is 5.91. The molecule has 0 aliphatic carbocycles. The van der Waals surface area contributed by atoms with E-state index in [0.29, 0.717) is 5.52 Å². The van der Waals surface area contributed by atoms with Crippen LogP contribution in [0.15, 0.2) is 24.3 Å². The summed E-state index contributed by atoms with van der Waals surface area (Å²) in [5.74, 6) is -0.299. The van der Waals surface area contributed by atoms with Crippen molar-refractivity contribution in [1.29, 1.82) is 0 Å². The van der Waals surface area contributed by atoms with E-state index in [1.807, 2.05) is 19.1 Å². The highest BCUT2D eigenvalue weighted by atomic mass is 19.1. The molecule has 0 radical (unpaired) electrons. The van der Waals surface area contributed by atoms with Crippen molar-refractivity contribution in [2.75, 3.05) is 11.9 Å². The first-order valence-electron chi connectivity index (χ1n) is 6.55. The number of halogens is 1. The maximum atomic E-state index is 13.8. The van der Waals surface area contributed by atoms with Crippen molar-refractivity contribution in [1.82, 2.24) is 4.98 Å². The summed E-state index contributed by atoms with van der Waals surface area (Å²) in [6.07, 6.45) is 1.62. The number of fused-ring (bicyclic) bond motifs is 1. The van der Waals surface area contributed by atoms with Crippen LogP contribution in [0.25, 0.3) is 10.9 Å². The van der Waals surface area contributed by atoms with Crippen molar-refractivity contribution >= 4 is 16.6 Å². The Labute approximate surface area is 112 Å². The minimum absolute atomic E-state index is 0.191. The zero-order valence-corrected chi connectivity index (χ0v) is 11.3. The summed E-state index contributed by atoms with van der Waals surface area (Å²) < 4.78 is 13.8. The van der Waals surface area contributed by atoms with Gasteiger partial charge in [0.05, 0.1) is 0 Å². The minimum Gasteiger partial charge on any atom is -0.396 e. The summed E-state index contributed by atoms with van der Waals surface area (Å²) in [5.41, 5.74) is 2.08. The molecule has 1 aromatic carbocycles. The van der Waals surface area contributed by atoms with Gasteiger partial charge in [-0.05, 0) is 38.8 Å². The van der Waals surface area contributed by atoms with Crippen LogP contribution in [0.1, 0.15) is 25.5 Å². The van der Waals surface area contributed by atoms with Gasteiger partial charge in [0.25, 0.3) is 0 Å². The average molecular weight is 262 g/mol. The molecule has 3 nitrogen and oxygen atoms in total. The van der Waals surface area contributed by atoms with E-state index < -0.39 is 0 Å². The largest absolute Gasteiger partial charge is 0.396 e. The third-order valence-corrected chi connectivity index (χ3v) is 3.12. The molecule has 2 N–H and O–H groups in total. The molecule has 0 amide bonds. The molecule has 19 heavy (non-hydrogen) atoms. The topological polar surface area (TPSA) is 45.1 Å². The molecule has 0 saturated heterocycles. The fraction of sp³-hybridized carbons (Fsp3) is 0.400. The number of para-hydroxylation sites is 1. The normalized spacial score (nSPS) is 12.6. The number of aliphatic hydroxyl groups is 1. The molecule has 4 heteroatoms. The zero-order valence-electron chi connectivity index (χ0n) is 11.3. The Balaban J connectivity index is 2.34. The van der Waals surface area contributed by atoms with Crippen molar-refractivity contribution in [2.45, 2.75) is 32.7 Å². The number of aryl methyl sites for hydroxylation is 1. The Kier molecular flexibility index (Phi) is 4.32. The third kappa shape index (κ3) is 3.20. The second-order valence-corrected chi connectivity index (χ2v) is 4.86. The molecular weight excluding hydrogens is 243 g/mol. The Bertz CT molecular complexity index is 571. The van der Waals surface area contributed by atoms with Gasteiger partial charge in [-0.25, -0.2) is 9.37 Å². The van der Waals surface area contributed by atoms with Gasteiger partial charge in [0.1, 0.15) is 11.3 Å². The summed E-state index contributed by atoms with van der Waals surface area (Å²) in [6.45, 7) is 4.10. The van der Waals surface area contributed by atoms with Gasteiger partial charge in [0.2, 0.25) is 0 Å². The minimum atomic E-state index is -0.299. The van der Waals surface area contributed by atoms with Crippen molar-refractivity contribution in [3.63, 3.8) is 0 Å². The van der Waals surface area contributed by atoms with Crippen LogP contribution >= 0.6 is 0 Å². The SMILES string of the molecule is Cc1cc(NC(C)CCCO)c2cccc(F)c2n1. The van der Waals surface area contributed by atoms with Crippen LogP contribution in [0, 0.1) is 12.7 Å². The first-order valence-corrected chi connectivity index (χ1v) is 6.55. The molecule has 1 atom stereocenters. The number of hydrogen-bond donors (Lipinski definition) is 2. The molecule has 0 spiro atoms. The summed E-state index contributed by atoms with van der Waals surface area (Å²) in [7, 11) is 0. The molecule has 0 saturated carbocycles. The fourth-order valence-electron chi connectivity index (χ4n) is 2.20. The lowest BCUT2D eigenvalue weighted by Crippen LogP contribution is -2.16. The molecular formula is C15H19FN2O. The first-order chi connectivity index (χ1) is 9.11. The summed E-state index contributed by atoms with van der Waals surface area (Å²) in [4.78, 5) is 4.25. The van der Waals surface area contributed by atoms with E-state index in [1.54, 1.807) is 6.07 Å². The van der Waals surface area contributed by atoms with Crippen LogP contribution in [0.2, 0.25) is 0 Å². The van der Waals surface area contributed by atoms with Crippen LogP contribution in [-0.4, -0.2) is 22.7 Å². The van der Waals surface area contributed by atoms with Gasteiger partial charge in [-0.3, -0.25) is 0 Å². The molecule has 1 aromatic heterocycles. The van der Waals surface area contributed by atoms with Crippen molar-refractivity contribution in [3.05, 3.63) is 35.8 Å². The predicted octanol–water partition coefficient (Wildman–Crippen LogP) is 3.26. The maximum absolute atomic E-state index is 13.8. The van der Waals surface area contributed by atoms with Crippen LogP contribution in [-0.2, 0) is 0 Å². The molecule has 2 aromatic rings. The van der Waals surface area contributed by atoms with Crippen molar-refractivity contribution < 1.29 is 9.50 Å². The monoisotopic (exact) mass is 262 g/mol. The number of pyridine rings is 1. The number of aliphatic hydroxyl groups excluding tert-OH is 1. The zero-order chi connectivity index (χ0) is 13.8. The van der Waals surface area contributed by atoms with E-state index in [0.717, 1.165) is 29.6 Å². The van der Waals surface area contributed by atoms with Gasteiger partial charge in [-0.2, -0.15) is 0 Å². The van der Waals surface area contributed by atoms with Crippen LogP contribution in [0.4, 0.5) is 10.1 Å². The van der Waals surface area contributed by atoms with E-state index in [9.17, 15) is 4.39 Å². The van der Waals surface area contributed by atoms with Crippen LogP contribution < -0.4 is 5.32 Å². The van der Waals surface area contributed by atoms with Gasteiger partial charge in [-0.15, -0.1) is 0 Å². The predicted molar refractivity (Wildman–Crippen MR) is 75.8 cm³/mol. The molecule has 1 heterocycles. The average Bonchev–Trinajstić information content (AvgIpc) is 2.37. The van der Waals surface area contributed by atoms with Crippen LogP contribution in [0.5, 0.6) is 0 Å². The van der Waals surface area contributed by atoms with Gasteiger partial charge in [-0.1, -0.05) is 12.1 Å². The Hall–Kier alpha value is -1.68. The second kappa shape index (κ2) is 5.97. The van der Waals surface area contributed by atoms with E-state index in [1.165, 1.54) is 6.07 Å². The Morgan fingerprint density at radius 2 is 2.21 bits per heavy atom. The van der Waals surface area contributed by atoms with Crippen molar-refractivity contribution in [3.8, 4) is 0 Å². The fourth-order valence-corrected chi connectivity index (χ4v) is 2.20. The lowest BCUT2D eigenvalue weighted by atomic mass is 10.1. The third-order valence-electron chi connectivity index (χ3n) is 3.12. The van der Waals surface area contributed by atoms with Gasteiger partial charge < -0.3 is 10.4 Å². The van der Waals surface area contributed by atoms with E-state index in [-0.39, 0.29) is 18.5 Å². The van der Waals surface area contributed by atoms with Gasteiger partial charge in [0, 0.05) is 29.4 Å². The molecule has 0 fully saturated rings. The maximum Gasteiger partial charge on any atom is 0.149 e. The highest BCUT2D eigenvalue weighted by Gasteiger charge is 2.09. The lowest BCUT2D eigenvalue weighted by Gasteiger charge is -2.17. The Morgan fingerprint density at radius 1 is 1.42 bits per heavy atom. The quantitative estimate of drug-likeness (QED) is 0.869. The van der Waals surface area contributed by atoms with E-state index in [2.05, 4.69) is 17.2 Å². The first kappa shape index (κ1) is 13.7. The smallest absolute Gasteiger partial charge is 0.149 e. The standard InChI is InChI=1S/C15H19FN2O/c1-10(5-4-8-19)17-14-9-11(2)18-15-12(14)6-3-7-13(15)16/h3,6-7,9-10,19H,4-5,8H2,1-2H3,(H,17,18). The molecule has 1 unspecified atom stereocenters. The van der Waals surface area contributed by atoms with Crippen LogP contribution in [0.3, 0.4) is 0 Å². The summed E-state index contributed by atoms with van der Waals surface area (Å²) >= 11 is 0. The number of anilines is 1. The van der Waals surface area contributed by atoms with E-state index in [4.69, 9.17) is 5.11 Å². The lowest BCUT2D eigenvalue weighted by molar-refractivity contribution is 0.282. The van der Waals surface area contributed by atoms with E-state index >= 15 is 0 Å². The number of benzene rings is 1.